The highest BCUT2D eigenvalue weighted by Gasteiger charge is 2.16. The maximum Gasteiger partial charge on any atom is 0.181 e. The Hall–Kier alpha value is -4.41. The Kier molecular flexibility index (Phi) is 7.11. The summed E-state index contributed by atoms with van der Waals surface area (Å²) in [7, 11) is 0. The van der Waals surface area contributed by atoms with Gasteiger partial charge in [-0.3, -0.25) is 15.1 Å². The highest BCUT2D eigenvalue weighted by atomic mass is 32.2. The van der Waals surface area contributed by atoms with Gasteiger partial charge in [0, 0.05) is 60.3 Å². The number of benzene rings is 1. The fraction of sp³-hybridized carbons (Fsp3) is 0.138. The third-order valence-electron chi connectivity index (χ3n) is 6.34. The van der Waals surface area contributed by atoms with Crippen LogP contribution in [0.3, 0.4) is 0 Å². The monoisotopic (exact) mass is 536 g/mol. The Morgan fingerprint density at radius 1 is 0.974 bits per heavy atom. The third kappa shape index (κ3) is 5.43. The number of fused-ring (bicyclic) bond motifs is 2. The van der Waals surface area contributed by atoms with Gasteiger partial charge in [0.05, 0.1) is 22.6 Å². The van der Waals surface area contributed by atoms with Crippen molar-refractivity contribution >= 4 is 33.8 Å². The summed E-state index contributed by atoms with van der Waals surface area (Å²) in [6, 6.07) is 14.5. The van der Waals surface area contributed by atoms with Crippen LogP contribution in [0.4, 0.5) is 4.39 Å². The zero-order valence-corrected chi connectivity index (χ0v) is 22.0. The lowest BCUT2D eigenvalue weighted by atomic mass is 10.1. The molecule has 10 heteroatoms. The number of thioether (sulfide) groups is 1. The molecule has 6 rings (SSSR count). The van der Waals surface area contributed by atoms with Gasteiger partial charge in [-0.2, -0.15) is 9.49 Å². The normalized spacial score (nSPS) is 12.0. The minimum atomic E-state index is -0.230. The van der Waals surface area contributed by atoms with Crippen molar-refractivity contribution in [3.05, 3.63) is 101 Å². The van der Waals surface area contributed by atoms with Gasteiger partial charge < -0.3 is 10.3 Å². The van der Waals surface area contributed by atoms with Crippen molar-refractivity contribution in [3.63, 3.8) is 0 Å². The molecule has 0 bridgehead atoms. The standard InChI is InChI=1S/C29H25FN8S/c1-2-25(30)39-17-22-14-33-16-24-26(22)36-29(35-24)27-23-9-21(15-34-28(23)38-37-27)20-8-19(12-32-13-20)11-31-10-18-6-4-3-5-7-18/h2-9,12-16,31H,10-11,17H2,1H3,(H,35,36)(H,34,37,38). The minimum Gasteiger partial charge on any atom is -0.335 e. The zero-order valence-electron chi connectivity index (χ0n) is 21.1. The average Bonchev–Trinajstić information content (AvgIpc) is 3.60. The van der Waals surface area contributed by atoms with Gasteiger partial charge >= 0.3 is 0 Å². The van der Waals surface area contributed by atoms with Crippen LogP contribution in [0.2, 0.25) is 0 Å². The molecule has 1 aromatic carbocycles. The molecule has 0 saturated carbocycles. The third-order valence-corrected chi connectivity index (χ3v) is 7.31. The average molecular weight is 537 g/mol. The molecule has 5 heterocycles. The molecule has 0 fully saturated rings. The van der Waals surface area contributed by atoms with Crippen molar-refractivity contribution in [3.8, 4) is 22.6 Å². The molecule has 5 aromatic heterocycles. The summed E-state index contributed by atoms with van der Waals surface area (Å²) in [5, 5.41) is 11.5. The number of halogens is 1. The molecule has 0 unspecified atom stereocenters. The number of hydrogen-bond donors (Lipinski definition) is 3. The molecule has 0 aliphatic heterocycles. The lowest BCUT2D eigenvalue weighted by Crippen LogP contribution is -2.12. The van der Waals surface area contributed by atoms with E-state index in [-0.39, 0.29) is 5.16 Å². The summed E-state index contributed by atoms with van der Waals surface area (Å²) in [4.78, 5) is 21.5. The van der Waals surface area contributed by atoms with Crippen LogP contribution in [0, 0.1) is 0 Å². The van der Waals surface area contributed by atoms with E-state index in [1.165, 1.54) is 11.6 Å². The topological polar surface area (TPSA) is 108 Å². The van der Waals surface area contributed by atoms with Crippen molar-refractivity contribution in [1.29, 1.82) is 0 Å². The van der Waals surface area contributed by atoms with E-state index in [1.54, 1.807) is 25.5 Å². The smallest absolute Gasteiger partial charge is 0.181 e. The fourth-order valence-electron chi connectivity index (χ4n) is 4.37. The second-order valence-corrected chi connectivity index (χ2v) is 9.99. The van der Waals surface area contributed by atoms with E-state index in [0.717, 1.165) is 62.7 Å². The van der Waals surface area contributed by atoms with E-state index in [0.29, 0.717) is 23.8 Å². The summed E-state index contributed by atoms with van der Waals surface area (Å²) in [5.74, 6) is 1.05. The minimum absolute atomic E-state index is 0.230. The van der Waals surface area contributed by atoms with Gasteiger partial charge in [-0.15, -0.1) is 0 Å². The first kappa shape index (κ1) is 24.9. The predicted molar refractivity (Wildman–Crippen MR) is 153 cm³/mol. The highest BCUT2D eigenvalue weighted by molar-refractivity contribution is 8.02. The van der Waals surface area contributed by atoms with Gasteiger partial charge in [0.2, 0.25) is 0 Å². The first-order chi connectivity index (χ1) is 19.2. The summed E-state index contributed by atoms with van der Waals surface area (Å²) >= 11 is 1.12. The van der Waals surface area contributed by atoms with Gasteiger partial charge in [0.15, 0.2) is 16.6 Å². The largest absolute Gasteiger partial charge is 0.335 e. The molecular weight excluding hydrogens is 511 g/mol. The van der Waals surface area contributed by atoms with Crippen molar-refractivity contribution in [2.24, 2.45) is 0 Å². The van der Waals surface area contributed by atoms with Crippen LogP contribution in [0.5, 0.6) is 0 Å². The number of pyridine rings is 3. The van der Waals surface area contributed by atoms with Crippen LogP contribution >= 0.6 is 11.8 Å². The van der Waals surface area contributed by atoms with Crippen molar-refractivity contribution in [1.82, 2.24) is 40.4 Å². The molecule has 8 nitrogen and oxygen atoms in total. The van der Waals surface area contributed by atoms with Gasteiger partial charge in [-0.1, -0.05) is 42.1 Å². The Bertz CT molecular complexity index is 1780. The molecule has 0 saturated heterocycles. The van der Waals surface area contributed by atoms with Gasteiger partial charge in [-0.25, -0.2) is 9.97 Å². The SMILES string of the molecule is CC=C(F)SCc1cncc2[nH]c(-c3[nH]nc4ncc(-c5cncc(CNCc6ccccc6)c5)cc34)nc12. The first-order valence-electron chi connectivity index (χ1n) is 12.5. The van der Waals surface area contributed by atoms with E-state index in [4.69, 9.17) is 4.98 Å². The number of aromatic amines is 2. The van der Waals surface area contributed by atoms with Crippen LogP contribution < -0.4 is 5.32 Å². The molecular formula is C29H25FN8S. The number of nitrogens with zero attached hydrogens (tertiary/aromatic N) is 5. The summed E-state index contributed by atoms with van der Waals surface area (Å²) in [5.41, 5.74) is 7.91. The van der Waals surface area contributed by atoms with Crippen LogP contribution in [-0.4, -0.2) is 35.1 Å². The Morgan fingerprint density at radius 3 is 2.67 bits per heavy atom. The van der Waals surface area contributed by atoms with Crippen molar-refractivity contribution in [2.45, 2.75) is 25.8 Å². The first-order valence-corrected chi connectivity index (χ1v) is 13.5. The molecule has 0 aliphatic carbocycles. The zero-order chi connectivity index (χ0) is 26.6. The number of allylic oxidation sites excluding steroid dienone is 1. The van der Waals surface area contributed by atoms with E-state index >= 15 is 0 Å². The number of imidazole rings is 1. The van der Waals surface area contributed by atoms with Gasteiger partial charge in [0.1, 0.15) is 5.69 Å². The summed E-state index contributed by atoms with van der Waals surface area (Å²) in [6.07, 6.45) is 10.4. The maximum atomic E-state index is 13.7. The molecule has 3 N–H and O–H groups in total. The molecule has 0 amide bonds. The maximum absolute atomic E-state index is 13.7. The van der Waals surface area contributed by atoms with Gasteiger partial charge in [-0.05, 0) is 36.3 Å². The summed E-state index contributed by atoms with van der Waals surface area (Å²) < 4.78 is 13.7. The van der Waals surface area contributed by atoms with Crippen LogP contribution in [0.15, 0.2) is 84.7 Å². The fourth-order valence-corrected chi connectivity index (χ4v) is 5.04. The summed E-state index contributed by atoms with van der Waals surface area (Å²) in [6.45, 7) is 3.16. The molecule has 0 atom stereocenters. The second-order valence-electron chi connectivity index (χ2n) is 9.03. The van der Waals surface area contributed by atoms with E-state index in [1.807, 2.05) is 36.7 Å². The molecule has 0 spiro atoms. The number of H-pyrrole nitrogens is 2. The molecule has 39 heavy (non-hydrogen) atoms. The molecule has 194 valence electrons. The number of rotatable bonds is 9. The molecule has 0 radical (unpaired) electrons. The lowest BCUT2D eigenvalue weighted by molar-refractivity contribution is 0.691. The number of hydrogen-bond acceptors (Lipinski definition) is 7. The quantitative estimate of drug-likeness (QED) is 0.199. The van der Waals surface area contributed by atoms with E-state index < -0.39 is 0 Å². The number of nitrogens with one attached hydrogen (secondary N) is 3. The Morgan fingerprint density at radius 2 is 1.79 bits per heavy atom. The molecule has 0 aliphatic rings. The number of aromatic nitrogens is 7. The van der Waals surface area contributed by atoms with E-state index in [2.05, 4.69) is 53.6 Å². The van der Waals surface area contributed by atoms with E-state index in [9.17, 15) is 4.39 Å². The van der Waals surface area contributed by atoms with Crippen LogP contribution in [-0.2, 0) is 18.8 Å². The predicted octanol–water partition coefficient (Wildman–Crippen LogP) is 6.31. The molecule has 6 aromatic rings. The highest BCUT2D eigenvalue weighted by Crippen LogP contribution is 2.31. The van der Waals surface area contributed by atoms with Crippen LogP contribution in [0.25, 0.3) is 44.7 Å². The van der Waals surface area contributed by atoms with Gasteiger partial charge in [0.25, 0.3) is 0 Å². The van der Waals surface area contributed by atoms with Crippen LogP contribution in [0.1, 0.15) is 23.6 Å². The Balaban J connectivity index is 1.27. The lowest BCUT2D eigenvalue weighted by Gasteiger charge is -2.07. The van der Waals surface area contributed by atoms with Crippen molar-refractivity contribution < 1.29 is 4.39 Å². The second kappa shape index (κ2) is 11.1. The Labute approximate surface area is 228 Å². The van der Waals surface area contributed by atoms with Crippen molar-refractivity contribution in [2.75, 3.05) is 0 Å².